The van der Waals surface area contributed by atoms with E-state index < -0.39 is 0 Å². The number of fused-ring (bicyclic) bond motifs is 1. The van der Waals surface area contributed by atoms with Crippen molar-refractivity contribution in [3.05, 3.63) is 47.5 Å². The predicted molar refractivity (Wildman–Crippen MR) is 73.2 cm³/mol. The van der Waals surface area contributed by atoms with Crippen LogP contribution in [0.4, 0.5) is 5.95 Å². The first-order chi connectivity index (χ1) is 9.13. The van der Waals surface area contributed by atoms with E-state index in [1.807, 2.05) is 55.6 Å². The molecular weight excluding hydrogens is 240 g/mol. The van der Waals surface area contributed by atoms with Crippen molar-refractivity contribution >= 4 is 11.6 Å². The number of rotatable bonds is 3. The molecular formula is C14H16N4O. The molecule has 0 radical (unpaired) electrons. The van der Waals surface area contributed by atoms with E-state index in [1.165, 1.54) is 0 Å². The van der Waals surface area contributed by atoms with Gasteiger partial charge in [0.15, 0.2) is 5.65 Å². The first-order valence-electron chi connectivity index (χ1n) is 6.29. The lowest BCUT2D eigenvalue weighted by atomic mass is 10.2. The molecule has 98 valence electrons. The fraction of sp³-hybridized carbons (Fsp3) is 0.286. The van der Waals surface area contributed by atoms with Crippen LogP contribution in [0.25, 0.3) is 5.65 Å². The molecule has 0 bridgehead atoms. The topological polar surface area (TPSA) is 55.4 Å². The molecule has 0 saturated carbocycles. The summed E-state index contributed by atoms with van der Waals surface area (Å²) in [4.78, 5) is 4.44. The smallest absolute Gasteiger partial charge is 0.243 e. The van der Waals surface area contributed by atoms with E-state index in [1.54, 1.807) is 0 Å². The Balaban J connectivity index is 1.87. The Bertz CT molecular complexity index is 713. The number of nitrogens with one attached hydrogen (secondary N) is 1. The zero-order chi connectivity index (χ0) is 13.4. The summed E-state index contributed by atoms with van der Waals surface area (Å²) >= 11 is 0. The zero-order valence-corrected chi connectivity index (χ0v) is 11.2. The molecule has 3 rings (SSSR count). The summed E-state index contributed by atoms with van der Waals surface area (Å²) in [6.45, 7) is 5.96. The largest absolute Gasteiger partial charge is 0.464 e. The lowest BCUT2D eigenvalue weighted by molar-refractivity contribution is 0.466. The summed E-state index contributed by atoms with van der Waals surface area (Å²) in [7, 11) is 0. The maximum Gasteiger partial charge on any atom is 0.243 e. The van der Waals surface area contributed by atoms with Crippen LogP contribution < -0.4 is 5.32 Å². The van der Waals surface area contributed by atoms with Gasteiger partial charge < -0.3 is 9.73 Å². The Morgan fingerprint density at radius 3 is 2.74 bits per heavy atom. The molecule has 0 amide bonds. The molecule has 3 aromatic heterocycles. The minimum atomic E-state index is 0.0337. The van der Waals surface area contributed by atoms with Crippen molar-refractivity contribution in [2.75, 3.05) is 5.32 Å². The Hall–Kier alpha value is -2.30. The number of furan rings is 1. The second-order valence-corrected chi connectivity index (χ2v) is 4.69. The van der Waals surface area contributed by atoms with E-state index in [9.17, 15) is 0 Å². The second kappa shape index (κ2) is 4.42. The van der Waals surface area contributed by atoms with Crippen LogP contribution in [0.15, 0.2) is 34.7 Å². The van der Waals surface area contributed by atoms with Gasteiger partial charge in [-0.05, 0) is 45.0 Å². The summed E-state index contributed by atoms with van der Waals surface area (Å²) in [6.07, 6.45) is 0. The number of hydrogen-bond donors (Lipinski definition) is 1. The quantitative estimate of drug-likeness (QED) is 0.782. The highest BCUT2D eigenvalue weighted by Gasteiger charge is 2.12. The van der Waals surface area contributed by atoms with Crippen molar-refractivity contribution in [3.63, 3.8) is 0 Å². The highest BCUT2D eigenvalue weighted by atomic mass is 16.3. The molecule has 0 aliphatic carbocycles. The molecule has 19 heavy (non-hydrogen) atoms. The van der Waals surface area contributed by atoms with Crippen LogP contribution in [-0.4, -0.2) is 14.6 Å². The number of pyridine rings is 1. The molecule has 1 unspecified atom stereocenters. The number of aromatic nitrogens is 3. The van der Waals surface area contributed by atoms with Crippen molar-refractivity contribution in [1.82, 2.24) is 14.6 Å². The van der Waals surface area contributed by atoms with Crippen LogP contribution in [0.1, 0.15) is 30.2 Å². The van der Waals surface area contributed by atoms with Gasteiger partial charge in [-0.1, -0.05) is 6.07 Å². The van der Waals surface area contributed by atoms with Crippen LogP contribution in [0.3, 0.4) is 0 Å². The van der Waals surface area contributed by atoms with Gasteiger partial charge in [0.2, 0.25) is 5.95 Å². The van der Waals surface area contributed by atoms with E-state index >= 15 is 0 Å². The summed E-state index contributed by atoms with van der Waals surface area (Å²) in [5.41, 5.74) is 1.89. The highest BCUT2D eigenvalue weighted by molar-refractivity contribution is 5.45. The standard InChI is InChI=1S/C14H16N4O/c1-9-5-4-6-13-16-14(17-18(9)13)15-11(3)12-8-7-10(2)19-12/h4-8,11H,1-3H3,(H,15,17). The van der Waals surface area contributed by atoms with Crippen molar-refractivity contribution in [1.29, 1.82) is 0 Å². The van der Waals surface area contributed by atoms with Gasteiger partial charge in [0.25, 0.3) is 0 Å². The minimum absolute atomic E-state index is 0.0337. The first-order valence-corrected chi connectivity index (χ1v) is 6.29. The van der Waals surface area contributed by atoms with Gasteiger partial charge in [-0.3, -0.25) is 0 Å². The average Bonchev–Trinajstić information content (AvgIpc) is 2.96. The minimum Gasteiger partial charge on any atom is -0.464 e. The molecule has 0 aliphatic heterocycles. The van der Waals surface area contributed by atoms with Crippen LogP contribution in [0.2, 0.25) is 0 Å². The normalized spacial score (nSPS) is 12.8. The molecule has 0 saturated heterocycles. The SMILES string of the molecule is Cc1ccc(C(C)Nc2nc3cccc(C)n3n2)o1. The third kappa shape index (κ3) is 2.19. The van der Waals surface area contributed by atoms with Crippen LogP contribution in [0, 0.1) is 13.8 Å². The molecule has 0 aromatic carbocycles. The summed E-state index contributed by atoms with van der Waals surface area (Å²) in [5.74, 6) is 2.39. The molecule has 0 fully saturated rings. The van der Waals surface area contributed by atoms with Gasteiger partial charge >= 0.3 is 0 Å². The van der Waals surface area contributed by atoms with Crippen LogP contribution in [0.5, 0.6) is 0 Å². The van der Waals surface area contributed by atoms with Gasteiger partial charge in [-0.2, -0.15) is 4.98 Å². The Labute approximate surface area is 111 Å². The molecule has 1 atom stereocenters. The number of anilines is 1. The van der Waals surface area contributed by atoms with Crippen molar-refractivity contribution in [3.8, 4) is 0 Å². The Morgan fingerprint density at radius 1 is 1.21 bits per heavy atom. The molecule has 3 aromatic rings. The highest BCUT2D eigenvalue weighted by Crippen LogP contribution is 2.19. The lowest BCUT2D eigenvalue weighted by Crippen LogP contribution is -2.07. The third-order valence-electron chi connectivity index (χ3n) is 3.08. The maximum atomic E-state index is 5.59. The second-order valence-electron chi connectivity index (χ2n) is 4.69. The van der Waals surface area contributed by atoms with Crippen LogP contribution >= 0.6 is 0 Å². The fourth-order valence-electron chi connectivity index (χ4n) is 2.05. The zero-order valence-electron chi connectivity index (χ0n) is 11.2. The average molecular weight is 256 g/mol. The summed E-state index contributed by atoms with van der Waals surface area (Å²) in [6, 6.07) is 9.87. The van der Waals surface area contributed by atoms with Crippen LogP contribution in [-0.2, 0) is 0 Å². The monoisotopic (exact) mass is 256 g/mol. The van der Waals surface area contributed by atoms with Gasteiger partial charge in [0.05, 0.1) is 6.04 Å². The number of aryl methyl sites for hydroxylation is 2. The summed E-state index contributed by atoms with van der Waals surface area (Å²) in [5, 5.41) is 7.69. The van der Waals surface area contributed by atoms with Crippen molar-refractivity contribution in [2.45, 2.75) is 26.8 Å². The Morgan fingerprint density at radius 2 is 2.05 bits per heavy atom. The van der Waals surface area contributed by atoms with Gasteiger partial charge in [0, 0.05) is 5.69 Å². The first kappa shape index (κ1) is 11.8. The lowest BCUT2D eigenvalue weighted by Gasteiger charge is -2.08. The number of nitrogens with zero attached hydrogens (tertiary/aromatic N) is 3. The van der Waals surface area contributed by atoms with Gasteiger partial charge in [-0.25, -0.2) is 4.52 Å². The van der Waals surface area contributed by atoms with E-state index in [0.29, 0.717) is 5.95 Å². The fourth-order valence-corrected chi connectivity index (χ4v) is 2.05. The van der Waals surface area contributed by atoms with E-state index in [2.05, 4.69) is 15.4 Å². The predicted octanol–water partition coefficient (Wildman–Crippen LogP) is 3.11. The molecule has 5 nitrogen and oxygen atoms in total. The maximum absolute atomic E-state index is 5.59. The van der Waals surface area contributed by atoms with E-state index in [-0.39, 0.29) is 6.04 Å². The molecule has 1 N–H and O–H groups in total. The summed E-state index contributed by atoms with van der Waals surface area (Å²) < 4.78 is 7.41. The van der Waals surface area contributed by atoms with E-state index in [4.69, 9.17) is 4.42 Å². The van der Waals surface area contributed by atoms with E-state index in [0.717, 1.165) is 22.9 Å². The van der Waals surface area contributed by atoms with Crippen molar-refractivity contribution < 1.29 is 4.42 Å². The van der Waals surface area contributed by atoms with Gasteiger partial charge in [0.1, 0.15) is 11.5 Å². The molecule has 3 heterocycles. The van der Waals surface area contributed by atoms with Gasteiger partial charge in [-0.15, -0.1) is 5.10 Å². The molecule has 0 aliphatic rings. The molecule has 0 spiro atoms. The molecule has 5 heteroatoms. The Kier molecular flexibility index (Phi) is 2.74. The number of hydrogen-bond acceptors (Lipinski definition) is 4. The third-order valence-corrected chi connectivity index (χ3v) is 3.08. The van der Waals surface area contributed by atoms with Crippen molar-refractivity contribution in [2.24, 2.45) is 0 Å².